The first-order valence-corrected chi connectivity index (χ1v) is 7.78. The van der Waals surface area contributed by atoms with Gasteiger partial charge in [0.1, 0.15) is 11.5 Å². The van der Waals surface area contributed by atoms with Crippen molar-refractivity contribution in [3.05, 3.63) is 47.5 Å². The van der Waals surface area contributed by atoms with Gasteiger partial charge < -0.3 is 10.2 Å². The van der Waals surface area contributed by atoms with Crippen LogP contribution in [0.25, 0.3) is 11.1 Å². The molecule has 1 saturated carbocycles. The standard InChI is InChI=1S/C19H22O2/c1-13-7-9-16(20)12-17(13)15-8-10-19(21)18(11-15)14-5-3-2-4-6-14/h7-12,14,20-21H,2-6H2,1H3. The molecule has 0 atom stereocenters. The van der Waals surface area contributed by atoms with Crippen molar-refractivity contribution in [2.45, 2.75) is 44.9 Å². The molecule has 1 aliphatic carbocycles. The molecule has 21 heavy (non-hydrogen) atoms. The topological polar surface area (TPSA) is 40.5 Å². The highest BCUT2D eigenvalue weighted by Gasteiger charge is 2.19. The maximum atomic E-state index is 10.2. The zero-order valence-electron chi connectivity index (χ0n) is 12.5. The van der Waals surface area contributed by atoms with Crippen molar-refractivity contribution < 1.29 is 10.2 Å². The molecular formula is C19H22O2. The number of aromatic hydroxyl groups is 2. The van der Waals surface area contributed by atoms with Gasteiger partial charge in [0.25, 0.3) is 0 Å². The fraction of sp³-hybridized carbons (Fsp3) is 0.368. The smallest absolute Gasteiger partial charge is 0.119 e. The van der Waals surface area contributed by atoms with Gasteiger partial charge >= 0.3 is 0 Å². The van der Waals surface area contributed by atoms with Crippen molar-refractivity contribution in [2.75, 3.05) is 0 Å². The second-order valence-electron chi connectivity index (χ2n) is 6.11. The van der Waals surface area contributed by atoms with Crippen LogP contribution in [0, 0.1) is 6.92 Å². The molecule has 0 saturated heterocycles. The minimum atomic E-state index is 0.280. The Labute approximate surface area is 126 Å². The highest BCUT2D eigenvalue weighted by atomic mass is 16.3. The van der Waals surface area contributed by atoms with E-state index < -0.39 is 0 Å². The van der Waals surface area contributed by atoms with E-state index in [1.165, 1.54) is 19.3 Å². The Hall–Kier alpha value is -1.96. The van der Waals surface area contributed by atoms with Gasteiger partial charge in [0.2, 0.25) is 0 Å². The van der Waals surface area contributed by atoms with Gasteiger partial charge in [-0.2, -0.15) is 0 Å². The van der Waals surface area contributed by atoms with Gasteiger partial charge in [-0.3, -0.25) is 0 Å². The lowest BCUT2D eigenvalue weighted by molar-refractivity contribution is 0.414. The van der Waals surface area contributed by atoms with E-state index in [-0.39, 0.29) is 5.75 Å². The Kier molecular flexibility index (Phi) is 3.87. The maximum Gasteiger partial charge on any atom is 0.119 e. The Balaban J connectivity index is 2.02. The lowest BCUT2D eigenvalue weighted by atomic mass is 9.82. The molecule has 0 radical (unpaired) electrons. The molecule has 1 fully saturated rings. The molecule has 2 N–H and O–H groups in total. The average Bonchev–Trinajstić information content (AvgIpc) is 2.51. The molecule has 0 unspecified atom stereocenters. The van der Waals surface area contributed by atoms with E-state index in [2.05, 4.69) is 6.07 Å². The first-order chi connectivity index (χ1) is 10.1. The maximum absolute atomic E-state index is 10.2. The van der Waals surface area contributed by atoms with Gasteiger partial charge in [-0.1, -0.05) is 31.4 Å². The molecule has 0 spiro atoms. The number of hydrogen-bond donors (Lipinski definition) is 2. The van der Waals surface area contributed by atoms with Crippen LogP contribution in [0.15, 0.2) is 36.4 Å². The highest BCUT2D eigenvalue weighted by Crippen LogP contribution is 2.39. The number of phenolic OH excluding ortho intramolecular Hbond substituents is 2. The summed E-state index contributed by atoms with van der Waals surface area (Å²) >= 11 is 0. The quantitative estimate of drug-likeness (QED) is 0.802. The third-order valence-electron chi connectivity index (χ3n) is 4.60. The molecule has 2 heteroatoms. The van der Waals surface area contributed by atoms with Crippen molar-refractivity contribution in [2.24, 2.45) is 0 Å². The molecular weight excluding hydrogens is 260 g/mol. The Bertz CT molecular complexity index is 640. The zero-order valence-corrected chi connectivity index (χ0v) is 12.5. The number of phenols is 2. The first kappa shape index (κ1) is 14.0. The number of rotatable bonds is 2. The molecule has 0 amide bonds. The van der Waals surface area contributed by atoms with Gasteiger partial charge in [0, 0.05) is 0 Å². The van der Waals surface area contributed by atoms with Crippen LogP contribution in [0.2, 0.25) is 0 Å². The summed E-state index contributed by atoms with van der Waals surface area (Å²) in [5.41, 5.74) is 4.30. The minimum Gasteiger partial charge on any atom is -0.508 e. The lowest BCUT2D eigenvalue weighted by Crippen LogP contribution is -2.05. The molecule has 0 aliphatic heterocycles. The van der Waals surface area contributed by atoms with E-state index in [4.69, 9.17) is 0 Å². The number of hydrogen-bond acceptors (Lipinski definition) is 2. The third kappa shape index (κ3) is 2.90. The van der Waals surface area contributed by atoms with Crippen LogP contribution in [-0.4, -0.2) is 10.2 Å². The van der Waals surface area contributed by atoms with E-state index in [9.17, 15) is 10.2 Å². The summed E-state index contributed by atoms with van der Waals surface area (Å²) in [5.74, 6) is 1.16. The van der Waals surface area contributed by atoms with Crippen molar-refractivity contribution in [3.8, 4) is 22.6 Å². The van der Waals surface area contributed by atoms with Gasteiger partial charge in [0.05, 0.1) is 0 Å². The molecule has 3 rings (SSSR count). The van der Waals surface area contributed by atoms with Crippen molar-refractivity contribution >= 4 is 0 Å². The Morgan fingerprint density at radius 2 is 1.67 bits per heavy atom. The van der Waals surface area contributed by atoms with E-state index in [0.29, 0.717) is 11.7 Å². The summed E-state index contributed by atoms with van der Waals surface area (Å²) in [6.07, 6.45) is 6.13. The lowest BCUT2D eigenvalue weighted by Gasteiger charge is -2.23. The largest absolute Gasteiger partial charge is 0.508 e. The van der Waals surface area contributed by atoms with Crippen LogP contribution < -0.4 is 0 Å². The van der Waals surface area contributed by atoms with Crippen molar-refractivity contribution in [1.82, 2.24) is 0 Å². The zero-order chi connectivity index (χ0) is 14.8. The van der Waals surface area contributed by atoms with Crippen LogP contribution >= 0.6 is 0 Å². The Morgan fingerprint density at radius 1 is 0.905 bits per heavy atom. The number of aryl methyl sites for hydroxylation is 1. The van der Waals surface area contributed by atoms with Gasteiger partial charge in [-0.25, -0.2) is 0 Å². The molecule has 2 nitrogen and oxygen atoms in total. The van der Waals surface area contributed by atoms with Crippen molar-refractivity contribution in [3.63, 3.8) is 0 Å². The van der Waals surface area contributed by atoms with Crippen LogP contribution in [0.1, 0.15) is 49.1 Å². The second kappa shape index (κ2) is 5.80. The molecule has 0 heterocycles. The monoisotopic (exact) mass is 282 g/mol. The van der Waals surface area contributed by atoms with E-state index in [0.717, 1.165) is 35.1 Å². The predicted molar refractivity (Wildman–Crippen MR) is 85.8 cm³/mol. The van der Waals surface area contributed by atoms with E-state index >= 15 is 0 Å². The molecule has 1 aliphatic rings. The summed E-state index contributed by atoms with van der Waals surface area (Å²) < 4.78 is 0. The summed E-state index contributed by atoms with van der Waals surface area (Å²) in [6, 6.07) is 11.3. The minimum absolute atomic E-state index is 0.280. The third-order valence-corrected chi connectivity index (χ3v) is 4.60. The average molecular weight is 282 g/mol. The summed E-state index contributed by atoms with van der Waals surface area (Å²) in [4.78, 5) is 0. The van der Waals surface area contributed by atoms with Crippen LogP contribution in [0.5, 0.6) is 11.5 Å². The summed E-state index contributed by atoms with van der Waals surface area (Å²) in [5, 5.41) is 19.9. The van der Waals surface area contributed by atoms with Crippen LogP contribution in [0.3, 0.4) is 0 Å². The number of benzene rings is 2. The predicted octanol–water partition coefficient (Wildman–Crippen LogP) is 5.12. The normalized spacial score (nSPS) is 16.0. The van der Waals surface area contributed by atoms with E-state index in [1.807, 2.05) is 19.1 Å². The van der Waals surface area contributed by atoms with Crippen molar-refractivity contribution in [1.29, 1.82) is 0 Å². The fourth-order valence-electron chi connectivity index (χ4n) is 3.38. The first-order valence-electron chi connectivity index (χ1n) is 7.78. The molecule has 2 aromatic carbocycles. The molecule has 0 aromatic heterocycles. The highest BCUT2D eigenvalue weighted by molar-refractivity contribution is 5.70. The van der Waals surface area contributed by atoms with E-state index in [1.54, 1.807) is 18.2 Å². The van der Waals surface area contributed by atoms with Crippen LogP contribution in [-0.2, 0) is 0 Å². The molecule has 110 valence electrons. The SMILES string of the molecule is Cc1ccc(O)cc1-c1ccc(O)c(C2CCCCC2)c1. The fourth-order valence-corrected chi connectivity index (χ4v) is 3.38. The van der Waals surface area contributed by atoms with Gasteiger partial charge in [0.15, 0.2) is 0 Å². The van der Waals surface area contributed by atoms with Gasteiger partial charge in [-0.05, 0) is 72.2 Å². The molecule has 0 bridgehead atoms. The summed E-state index contributed by atoms with van der Waals surface area (Å²) in [7, 11) is 0. The Morgan fingerprint density at radius 3 is 2.43 bits per heavy atom. The molecule has 2 aromatic rings. The van der Waals surface area contributed by atoms with Crippen LogP contribution in [0.4, 0.5) is 0 Å². The van der Waals surface area contributed by atoms with Gasteiger partial charge in [-0.15, -0.1) is 0 Å². The summed E-state index contributed by atoms with van der Waals surface area (Å²) in [6.45, 7) is 2.04. The second-order valence-corrected chi connectivity index (χ2v) is 6.11.